The van der Waals surface area contributed by atoms with Gasteiger partial charge in [-0.15, -0.1) is 5.26 Å². The number of Topliss-reactive ketones (excluding diaryl/α,β-unsaturated/α-hetero) is 1. The number of aryl methyl sites for hydroxylation is 1. The molecule has 1 amide bonds. The fourth-order valence-electron chi connectivity index (χ4n) is 7.27. The van der Waals surface area contributed by atoms with Crippen molar-refractivity contribution < 1.29 is 19.1 Å². The molecule has 9 heteroatoms. The van der Waals surface area contributed by atoms with Crippen molar-refractivity contribution in [2.24, 2.45) is 11.3 Å². The number of rotatable bonds is 15. The number of likely N-dealkylation sites (tertiary alicyclic amines) is 1. The molecular weight excluding hydrogens is 668 g/mol. The van der Waals surface area contributed by atoms with Crippen molar-refractivity contribution in [3.05, 3.63) is 94.0 Å². The second kappa shape index (κ2) is 17.6. The number of piperidine rings is 1. The molecule has 8 nitrogen and oxygen atoms in total. The first kappa shape index (κ1) is 35.6. The molecule has 3 aromatic rings. The fourth-order valence-corrected chi connectivity index (χ4v) is 7.53. The minimum atomic E-state index is -0.173. The van der Waals surface area contributed by atoms with Crippen LogP contribution in [-0.4, -0.2) is 56.4 Å². The third-order valence-electron chi connectivity index (χ3n) is 10.0. The van der Waals surface area contributed by atoms with Crippen LogP contribution in [0.25, 0.3) is 0 Å². The first-order chi connectivity index (χ1) is 23.4. The van der Waals surface area contributed by atoms with Crippen LogP contribution < -0.4 is 20.1 Å². The number of nitrogens with zero attached hydrogens (tertiary/aromatic N) is 2. The molecule has 2 unspecified atom stereocenters. The van der Waals surface area contributed by atoms with Crippen LogP contribution in [0.1, 0.15) is 67.7 Å². The van der Waals surface area contributed by atoms with Gasteiger partial charge in [0.2, 0.25) is 5.91 Å². The molecule has 5 rings (SSSR count). The second-order valence-corrected chi connectivity index (χ2v) is 14.1. The van der Waals surface area contributed by atoms with E-state index in [4.69, 9.17) is 14.7 Å². The first-order valence-electron chi connectivity index (χ1n) is 17.2. The van der Waals surface area contributed by atoms with Gasteiger partial charge in [-0.05, 0) is 106 Å². The molecular formula is C39H47BrN4O4. The van der Waals surface area contributed by atoms with Crippen molar-refractivity contribution in [1.29, 1.82) is 5.26 Å². The van der Waals surface area contributed by atoms with Crippen LogP contribution in [0.4, 0.5) is 0 Å². The molecule has 3 aromatic carbocycles. The molecule has 1 aliphatic heterocycles. The monoisotopic (exact) mass is 714 g/mol. The lowest BCUT2D eigenvalue weighted by Gasteiger charge is -2.45. The molecule has 0 radical (unpaired) electrons. The number of benzene rings is 3. The van der Waals surface area contributed by atoms with Crippen molar-refractivity contribution in [2.75, 3.05) is 39.8 Å². The number of carbonyl (C=O) groups is 2. The van der Waals surface area contributed by atoms with Crippen LogP contribution in [0.15, 0.2) is 77.3 Å². The van der Waals surface area contributed by atoms with Gasteiger partial charge in [-0.3, -0.25) is 9.59 Å². The van der Waals surface area contributed by atoms with Crippen molar-refractivity contribution >= 4 is 27.6 Å². The Morgan fingerprint density at radius 1 is 1.04 bits per heavy atom. The number of likely N-dealkylation sites (N-methyl/N-ethyl adjacent to an activating group) is 1. The van der Waals surface area contributed by atoms with E-state index in [2.05, 4.69) is 67.9 Å². The van der Waals surface area contributed by atoms with E-state index in [9.17, 15) is 9.59 Å². The Labute approximate surface area is 293 Å². The van der Waals surface area contributed by atoms with Gasteiger partial charge in [0.1, 0.15) is 12.4 Å². The number of hydrogen-bond acceptors (Lipinski definition) is 7. The van der Waals surface area contributed by atoms with Crippen LogP contribution in [0.2, 0.25) is 0 Å². The summed E-state index contributed by atoms with van der Waals surface area (Å²) in [6, 6.07) is 23.7. The summed E-state index contributed by atoms with van der Waals surface area (Å²) in [5, 5.41) is 15.4. The Balaban J connectivity index is 1.15. The molecule has 0 bridgehead atoms. The van der Waals surface area contributed by atoms with Crippen molar-refractivity contribution in [3.8, 4) is 17.8 Å². The first-order valence-corrected chi connectivity index (χ1v) is 18.0. The zero-order valence-electron chi connectivity index (χ0n) is 27.9. The van der Waals surface area contributed by atoms with Crippen LogP contribution >= 0.6 is 15.9 Å². The van der Waals surface area contributed by atoms with E-state index >= 15 is 0 Å². The Morgan fingerprint density at radius 3 is 2.52 bits per heavy atom. The Bertz CT molecular complexity index is 1530. The van der Waals surface area contributed by atoms with E-state index < -0.39 is 0 Å². The molecule has 1 aliphatic carbocycles. The molecule has 2 atom stereocenters. The van der Waals surface area contributed by atoms with E-state index in [1.54, 1.807) is 18.4 Å². The Hall–Kier alpha value is -3.71. The molecule has 0 aromatic heterocycles. The van der Waals surface area contributed by atoms with Crippen LogP contribution in [0.5, 0.6) is 11.5 Å². The van der Waals surface area contributed by atoms with E-state index in [0.29, 0.717) is 30.4 Å². The lowest BCUT2D eigenvalue weighted by molar-refractivity contribution is -0.140. The fraction of sp³-hybridized carbons (Fsp3) is 0.462. The quantitative estimate of drug-likeness (QED) is 0.132. The molecule has 1 saturated heterocycles. The van der Waals surface area contributed by atoms with Crippen LogP contribution in [-0.2, 0) is 22.4 Å². The lowest BCUT2D eigenvalue weighted by atomic mass is 9.63. The summed E-state index contributed by atoms with van der Waals surface area (Å²) in [5.74, 6) is 1.33. The number of amides is 1. The number of hydrogen-bond donors (Lipinski definition) is 2. The number of nitriles is 1. The Kier molecular flexibility index (Phi) is 13.1. The molecule has 2 N–H and O–H groups in total. The second-order valence-electron chi connectivity index (χ2n) is 13.2. The van der Waals surface area contributed by atoms with Crippen molar-refractivity contribution in [1.82, 2.24) is 15.5 Å². The highest BCUT2D eigenvalue weighted by Crippen LogP contribution is 2.45. The Morgan fingerprint density at radius 2 is 1.79 bits per heavy atom. The molecule has 1 spiro atoms. The van der Waals surface area contributed by atoms with Crippen molar-refractivity contribution in [3.63, 3.8) is 0 Å². The van der Waals surface area contributed by atoms with Gasteiger partial charge in [-0.2, -0.15) is 0 Å². The number of carbonyl (C=O) groups excluding carboxylic acids is 2. The number of halogens is 1. The van der Waals surface area contributed by atoms with E-state index in [1.165, 1.54) is 5.56 Å². The third kappa shape index (κ3) is 9.68. The normalized spacial score (nSPS) is 18.2. The molecule has 1 heterocycles. The highest BCUT2D eigenvalue weighted by atomic mass is 79.9. The summed E-state index contributed by atoms with van der Waals surface area (Å²) in [4.78, 5) is 29.6. The summed E-state index contributed by atoms with van der Waals surface area (Å²) < 4.78 is 11.9. The summed E-state index contributed by atoms with van der Waals surface area (Å²) in [6.45, 7) is 3.74. The smallest absolute Gasteiger partial charge is 0.292 e. The maximum atomic E-state index is 13.8. The average Bonchev–Trinajstić information content (AvgIpc) is 3.10. The summed E-state index contributed by atoms with van der Waals surface area (Å²) >= 11 is 3.51. The number of ether oxygens (including phenoxy) is 2. The SMILES string of the molecule is CNCCOc1ccc(CC(=O)NC(CCN2CCC3(CCCC(CCc4ccc(Br)cc4)C3=O)CC2)c2ccccc2)cc1OC#N. The largest absolute Gasteiger partial charge is 0.488 e. The molecule has 2 aliphatic rings. The molecule has 48 heavy (non-hydrogen) atoms. The average molecular weight is 716 g/mol. The molecule has 2 fully saturated rings. The predicted octanol–water partition coefficient (Wildman–Crippen LogP) is 6.78. The standard InChI is InChI=1S/C39H47BrN4O4/c1-42-21-25-47-35-16-12-30(26-36(35)48-28-41)27-37(45)43-34(31-6-3-2-4-7-31)17-22-44-23-19-39(20-24-44)18-5-8-32(38(39)46)13-9-29-10-14-33(40)15-11-29/h2-4,6-7,10-12,14-16,26,32,34,42H,5,8-9,13,17-25,27H2,1H3,(H,43,45). The van der Waals surface area contributed by atoms with Crippen molar-refractivity contribution in [2.45, 2.75) is 63.8 Å². The molecule has 254 valence electrons. The minimum absolute atomic E-state index is 0.102. The maximum Gasteiger partial charge on any atom is 0.292 e. The van der Waals surface area contributed by atoms with Gasteiger partial charge in [0.15, 0.2) is 11.5 Å². The zero-order chi connectivity index (χ0) is 33.8. The van der Waals surface area contributed by atoms with Gasteiger partial charge < -0.3 is 25.0 Å². The van der Waals surface area contributed by atoms with Gasteiger partial charge in [0.05, 0.1) is 12.5 Å². The van der Waals surface area contributed by atoms with Gasteiger partial charge in [-0.25, -0.2) is 0 Å². The minimum Gasteiger partial charge on any atom is -0.488 e. The topological polar surface area (TPSA) is 104 Å². The maximum absolute atomic E-state index is 13.8. The lowest BCUT2D eigenvalue weighted by Crippen LogP contribution is -2.48. The van der Waals surface area contributed by atoms with E-state index in [1.807, 2.05) is 31.3 Å². The van der Waals surface area contributed by atoms with Crippen LogP contribution in [0.3, 0.4) is 0 Å². The molecule has 1 saturated carbocycles. The summed E-state index contributed by atoms with van der Waals surface area (Å²) in [7, 11) is 1.84. The van der Waals surface area contributed by atoms with Gasteiger partial charge in [0, 0.05) is 28.9 Å². The predicted molar refractivity (Wildman–Crippen MR) is 191 cm³/mol. The zero-order valence-corrected chi connectivity index (χ0v) is 29.5. The van der Waals surface area contributed by atoms with Gasteiger partial charge >= 0.3 is 0 Å². The van der Waals surface area contributed by atoms with E-state index in [-0.39, 0.29) is 29.7 Å². The highest BCUT2D eigenvalue weighted by Gasteiger charge is 2.45. The number of ketones is 1. The van der Waals surface area contributed by atoms with Gasteiger partial charge in [-0.1, -0.05) is 70.9 Å². The van der Waals surface area contributed by atoms with E-state index in [0.717, 1.165) is 86.6 Å². The summed E-state index contributed by atoms with van der Waals surface area (Å²) in [5.41, 5.74) is 2.92. The number of nitrogens with one attached hydrogen (secondary N) is 2. The highest BCUT2D eigenvalue weighted by molar-refractivity contribution is 9.10. The third-order valence-corrected chi connectivity index (χ3v) is 10.5. The van der Waals surface area contributed by atoms with Crippen LogP contribution in [0, 0.1) is 22.9 Å². The summed E-state index contributed by atoms with van der Waals surface area (Å²) in [6.07, 6.45) is 9.53. The van der Waals surface area contributed by atoms with Gasteiger partial charge in [0.25, 0.3) is 6.26 Å².